The van der Waals surface area contributed by atoms with E-state index in [1.54, 1.807) is 6.08 Å². The summed E-state index contributed by atoms with van der Waals surface area (Å²) in [6, 6.07) is -0.0183. The Balaban J connectivity index is 3.83. The van der Waals surface area contributed by atoms with Gasteiger partial charge in [0, 0.05) is 0 Å². The minimum atomic E-state index is -0.0339. The van der Waals surface area contributed by atoms with Crippen LogP contribution in [0.15, 0.2) is 9.98 Å². The first-order valence-electron chi connectivity index (χ1n) is 4.38. The second-order valence-electron chi connectivity index (χ2n) is 2.93. The zero-order valence-electron chi connectivity index (χ0n) is 7.99. The van der Waals surface area contributed by atoms with Gasteiger partial charge in [-0.15, -0.1) is 0 Å². The summed E-state index contributed by atoms with van der Waals surface area (Å²) >= 11 is 0. The molecule has 0 heterocycles. The number of aliphatic imine (C=N–C) groups is 2. The summed E-state index contributed by atoms with van der Waals surface area (Å²) < 4.78 is 0. The quantitative estimate of drug-likeness (QED) is 0.462. The van der Waals surface area contributed by atoms with Crippen molar-refractivity contribution in [2.45, 2.75) is 45.2 Å². The second-order valence-corrected chi connectivity index (χ2v) is 2.93. The normalized spacial score (nSPS) is 13.7. The molecule has 0 aromatic heterocycles. The molecule has 0 aliphatic heterocycles. The van der Waals surface area contributed by atoms with Gasteiger partial charge in [-0.3, -0.25) is 0 Å². The van der Waals surface area contributed by atoms with Crippen LogP contribution in [0.1, 0.15) is 33.1 Å². The van der Waals surface area contributed by atoms with Crippen molar-refractivity contribution in [2.75, 3.05) is 0 Å². The molecule has 0 N–H and O–H groups in total. The Morgan fingerprint density at radius 1 is 1.15 bits per heavy atom. The lowest BCUT2D eigenvalue weighted by Crippen LogP contribution is -2.07. The van der Waals surface area contributed by atoms with Crippen LogP contribution in [0.3, 0.4) is 0 Å². The van der Waals surface area contributed by atoms with Gasteiger partial charge in [0.15, 0.2) is 0 Å². The summed E-state index contributed by atoms with van der Waals surface area (Å²) in [6.45, 7) is 3.79. The average Bonchev–Trinajstić information content (AvgIpc) is 2.12. The summed E-state index contributed by atoms with van der Waals surface area (Å²) in [5.74, 6) is 0. The Morgan fingerprint density at radius 2 is 1.77 bits per heavy atom. The van der Waals surface area contributed by atoms with Crippen LogP contribution >= 0.6 is 0 Å². The van der Waals surface area contributed by atoms with Gasteiger partial charge >= 0.3 is 0 Å². The molecule has 0 saturated heterocycles. The predicted molar refractivity (Wildman–Crippen MR) is 49.0 cm³/mol. The van der Waals surface area contributed by atoms with E-state index in [0.29, 0.717) is 0 Å². The van der Waals surface area contributed by atoms with Crippen molar-refractivity contribution in [3.05, 3.63) is 0 Å². The van der Waals surface area contributed by atoms with Crippen molar-refractivity contribution in [1.29, 1.82) is 0 Å². The summed E-state index contributed by atoms with van der Waals surface area (Å²) in [6.07, 6.45) is 5.37. The summed E-state index contributed by atoms with van der Waals surface area (Å²) in [5.41, 5.74) is 0. The van der Waals surface area contributed by atoms with Gasteiger partial charge in [-0.2, -0.15) is 0 Å². The third kappa shape index (κ3) is 5.97. The number of hydrogen-bond acceptors (Lipinski definition) is 4. The summed E-state index contributed by atoms with van der Waals surface area (Å²) in [4.78, 5) is 27.0. The summed E-state index contributed by atoms with van der Waals surface area (Å²) in [5, 5.41) is 0. The maximum absolute atomic E-state index is 9.97. The van der Waals surface area contributed by atoms with Gasteiger partial charge in [0.05, 0.1) is 12.1 Å². The fraction of sp³-hybridized carbons (Fsp3) is 0.778. The van der Waals surface area contributed by atoms with Crippen molar-refractivity contribution >= 4 is 12.2 Å². The van der Waals surface area contributed by atoms with Crippen LogP contribution in [-0.2, 0) is 9.59 Å². The van der Waals surface area contributed by atoms with E-state index in [2.05, 4.69) is 9.98 Å². The molecule has 4 nitrogen and oxygen atoms in total. The van der Waals surface area contributed by atoms with Gasteiger partial charge in [0.2, 0.25) is 12.2 Å². The first-order chi connectivity index (χ1) is 6.24. The SMILES string of the molecule is CCC(CCC(C)N=C=O)N=C=O. The molecule has 2 atom stereocenters. The van der Waals surface area contributed by atoms with Crippen molar-refractivity contribution < 1.29 is 9.59 Å². The third-order valence-corrected chi connectivity index (χ3v) is 1.90. The second kappa shape index (κ2) is 7.41. The Bertz CT molecular complexity index is 228. The van der Waals surface area contributed by atoms with Crippen molar-refractivity contribution in [3.8, 4) is 0 Å². The van der Waals surface area contributed by atoms with Crippen molar-refractivity contribution in [2.24, 2.45) is 9.98 Å². The van der Waals surface area contributed by atoms with Crippen LogP contribution < -0.4 is 0 Å². The molecule has 0 aromatic rings. The largest absolute Gasteiger partial charge is 0.235 e. The van der Waals surface area contributed by atoms with Gasteiger partial charge < -0.3 is 0 Å². The first kappa shape index (κ1) is 11.8. The smallest absolute Gasteiger partial charge is 0.211 e. The van der Waals surface area contributed by atoms with E-state index in [-0.39, 0.29) is 12.1 Å². The number of rotatable bonds is 6. The molecule has 0 spiro atoms. The molecule has 4 heteroatoms. The molecule has 0 fully saturated rings. The van der Waals surface area contributed by atoms with Gasteiger partial charge in [-0.25, -0.2) is 19.6 Å². The number of hydrogen-bond donors (Lipinski definition) is 0. The topological polar surface area (TPSA) is 58.9 Å². The van der Waals surface area contributed by atoms with Gasteiger partial charge in [0.25, 0.3) is 0 Å². The van der Waals surface area contributed by atoms with Crippen LogP contribution in [0.2, 0.25) is 0 Å². The highest BCUT2D eigenvalue weighted by Crippen LogP contribution is 2.09. The number of isocyanates is 2. The highest BCUT2D eigenvalue weighted by molar-refractivity contribution is 5.34. The number of nitrogens with zero attached hydrogens (tertiary/aromatic N) is 2. The Kier molecular flexibility index (Phi) is 6.70. The third-order valence-electron chi connectivity index (χ3n) is 1.90. The van der Waals surface area contributed by atoms with Crippen molar-refractivity contribution in [3.63, 3.8) is 0 Å². The molecule has 0 radical (unpaired) electrons. The maximum Gasteiger partial charge on any atom is 0.235 e. The minimum absolute atomic E-state index is 0.0156. The molecule has 0 bridgehead atoms. The predicted octanol–water partition coefficient (Wildman–Crippen LogP) is 1.61. The van der Waals surface area contributed by atoms with E-state index in [1.807, 2.05) is 13.8 Å². The average molecular weight is 182 g/mol. The van der Waals surface area contributed by atoms with E-state index >= 15 is 0 Å². The lowest BCUT2D eigenvalue weighted by molar-refractivity contribution is 0.510. The highest BCUT2D eigenvalue weighted by atomic mass is 16.1. The van der Waals surface area contributed by atoms with Crippen LogP contribution in [0.4, 0.5) is 0 Å². The molecule has 0 rings (SSSR count). The van der Waals surface area contributed by atoms with E-state index in [0.717, 1.165) is 19.3 Å². The van der Waals surface area contributed by atoms with E-state index in [1.165, 1.54) is 6.08 Å². The zero-order chi connectivity index (χ0) is 10.1. The molecule has 2 unspecified atom stereocenters. The minimum Gasteiger partial charge on any atom is -0.211 e. The van der Waals surface area contributed by atoms with E-state index in [4.69, 9.17) is 0 Å². The van der Waals surface area contributed by atoms with Crippen molar-refractivity contribution in [1.82, 2.24) is 0 Å². The van der Waals surface area contributed by atoms with Crippen LogP contribution in [0, 0.1) is 0 Å². The summed E-state index contributed by atoms with van der Waals surface area (Å²) in [7, 11) is 0. The Morgan fingerprint density at radius 3 is 2.23 bits per heavy atom. The monoisotopic (exact) mass is 182 g/mol. The van der Waals surface area contributed by atoms with Gasteiger partial charge in [-0.05, 0) is 26.2 Å². The fourth-order valence-electron chi connectivity index (χ4n) is 1.02. The van der Waals surface area contributed by atoms with Crippen LogP contribution in [-0.4, -0.2) is 24.2 Å². The van der Waals surface area contributed by atoms with Gasteiger partial charge in [-0.1, -0.05) is 6.92 Å². The number of carbonyl (C=O) groups excluding carboxylic acids is 2. The first-order valence-corrected chi connectivity index (χ1v) is 4.38. The van der Waals surface area contributed by atoms with E-state index in [9.17, 15) is 9.59 Å². The maximum atomic E-state index is 9.97. The standard InChI is InChI=1S/C9H14N2O2/c1-3-9(11-7-13)5-4-8(2)10-6-12/h8-9H,3-5H2,1-2H3. The molecular formula is C9H14N2O2. The van der Waals surface area contributed by atoms with Crippen LogP contribution in [0.5, 0.6) is 0 Å². The molecule has 72 valence electrons. The molecule has 0 aliphatic rings. The van der Waals surface area contributed by atoms with Gasteiger partial charge in [0.1, 0.15) is 0 Å². The molecule has 0 amide bonds. The lowest BCUT2D eigenvalue weighted by atomic mass is 10.1. The van der Waals surface area contributed by atoms with E-state index < -0.39 is 0 Å². The lowest BCUT2D eigenvalue weighted by Gasteiger charge is -2.08. The fourth-order valence-corrected chi connectivity index (χ4v) is 1.02. The molecule has 13 heavy (non-hydrogen) atoms. The Labute approximate surface area is 77.8 Å². The molecular weight excluding hydrogens is 168 g/mol. The molecule has 0 saturated carbocycles. The molecule has 0 aromatic carbocycles. The van der Waals surface area contributed by atoms with Crippen LogP contribution in [0.25, 0.3) is 0 Å². The zero-order valence-corrected chi connectivity index (χ0v) is 7.99. The molecule has 0 aliphatic carbocycles. The highest BCUT2D eigenvalue weighted by Gasteiger charge is 2.06. The Hall–Kier alpha value is -1.24.